The van der Waals surface area contributed by atoms with E-state index < -0.39 is 18.8 Å². The van der Waals surface area contributed by atoms with E-state index in [9.17, 15) is 22.8 Å². The summed E-state index contributed by atoms with van der Waals surface area (Å²) in [6.45, 7) is 3.24. The summed E-state index contributed by atoms with van der Waals surface area (Å²) in [5.41, 5.74) is 2.82. The standard InChI is InChI=1S/C22H23F3N4O4/c1-12-5-14(7-27-20(12)33-11-22(23,24)25)13(2)29-8-17-16(21(29)31)3-4-26-18(17)6-19(30)28-15-9-32-10-15/h3-5,7,13,15H,6,8-11H2,1-2H3,(H,28,30). The van der Waals surface area contributed by atoms with Gasteiger partial charge in [-0.25, -0.2) is 4.98 Å². The van der Waals surface area contributed by atoms with E-state index in [1.165, 1.54) is 12.4 Å². The molecule has 1 unspecified atom stereocenters. The number of rotatable bonds is 7. The molecular weight excluding hydrogens is 441 g/mol. The third-order valence-electron chi connectivity index (χ3n) is 5.67. The van der Waals surface area contributed by atoms with E-state index in [0.29, 0.717) is 41.2 Å². The number of ether oxygens (including phenoxy) is 2. The number of hydrogen-bond donors (Lipinski definition) is 1. The lowest BCUT2D eigenvalue weighted by molar-refractivity contribution is -0.154. The van der Waals surface area contributed by atoms with E-state index in [2.05, 4.69) is 15.3 Å². The van der Waals surface area contributed by atoms with Crippen molar-refractivity contribution in [1.82, 2.24) is 20.2 Å². The van der Waals surface area contributed by atoms with Crippen molar-refractivity contribution in [3.8, 4) is 5.88 Å². The normalized spacial score (nSPS) is 16.9. The van der Waals surface area contributed by atoms with Crippen LogP contribution in [0.4, 0.5) is 13.2 Å². The molecule has 8 nitrogen and oxygen atoms in total. The van der Waals surface area contributed by atoms with Crippen molar-refractivity contribution in [3.05, 3.63) is 52.5 Å². The fourth-order valence-electron chi connectivity index (χ4n) is 3.82. The molecule has 4 heterocycles. The molecular formula is C22H23F3N4O4. The molecule has 4 rings (SSSR count). The monoisotopic (exact) mass is 464 g/mol. The summed E-state index contributed by atoms with van der Waals surface area (Å²) in [7, 11) is 0. The lowest BCUT2D eigenvalue weighted by Crippen LogP contribution is -2.49. The summed E-state index contributed by atoms with van der Waals surface area (Å²) >= 11 is 0. The van der Waals surface area contributed by atoms with Crippen molar-refractivity contribution < 1.29 is 32.2 Å². The van der Waals surface area contributed by atoms with Crippen LogP contribution < -0.4 is 10.1 Å². The Balaban J connectivity index is 1.47. The highest BCUT2D eigenvalue weighted by atomic mass is 19.4. The molecule has 0 spiro atoms. The van der Waals surface area contributed by atoms with Gasteiger partial charge < -0.3 is 19.7 Å². The fourth-order valence-corrected chi connectivity index (χ4v) is 3.82. The van der Waals surface area contributed by atoms with Crippen molar-refractivity contribution in [2.45, 2.75) is 45.1 Å². The molecule has 2 aliphatic heterocycles. The van der Waals surface area contributed by atoms with E-state index in [-0.39, 0.29) is 36.7 Å². The minimum Gasteiger partial charge on any atom is -0.468 e. The highest BCUT2D eigenvalue weighted by Gasteiger charge is 2.34. The molecule has 1 fully saturated rings. The van der Waals surface area contributed by atoms with E-state index in [1.54, 1.807) is 24.0 Å². The Morgan fingerprint density at radius 2 is 2.12 bits per heavy atom. The quantitative estimate of drug-likeness (QED) is 0.677. The van der Waals surface area contributed by atoms with Gasteiger partial charge in [-0.2, -0.15) is 13.2 Å². The molecule has 33 heavy (non-hydrogen) atoms. The highest BCUT2D eigenvalue weighted by Crippen LogP contribution is 2.33. The Kier molecular flexibility index (Phi) is 6.24. The number of fused-ring (bicyclic) bond motifs is 1. The van der Waals surface area contributed by atoms with Crippen molar-refractivity contribution in [2.24, 2.45) is 0 Å². The first-order chi connectivity index (χ1) is 15.6. The molecule has 176 valence electrons. The molecule has 0 radical (unpaired) electrons. The minimum atomic E-state index is -4.46. The Hall–Kier alpha value is -3.21. The van der Waals surface area contributed by atoms with Gasteiger partial charge in [0.1, 0.15) is 0 Å². The highest BCUT2D eigenvalue weighted by molar-refractivity contribution is 5.99. The number of aromatic nitrogens is 2. The maximum absolute atomic E-state index is 13.1. The first-order valence-electron chi connectivity index (χ1n) is 10.4. The van der Waals surface area contributed by atoms with Crippen molar-refractivity contribution in [1.29, 1.82) is 0 Å². The molecule has 11 heteroatoms. The summed E-state index contributed by atoms with van der Waals surface area (Å²) in [4.78, 5) is 35.3. The molecule has 2 amide bonds. The molecule has 2 aromatic rings. The number of carbonyl (C=O) groups is 2. The van der Waals surface area contributed by atoms with Crippen LogP contribution >= 0.6 is 0 Å². The number of hydrogen-bond acceptors (Lipinski definition) is 6. The Bertz CT molecular complexity index is 1070. The van der Waals surface area contributed by atoms with E-state index in [4.69, 9.17) is 9.47 Å². The SMILES string of the molecule is Cc1cc(C(C)N2Cc3c(ccnc3CC(=O)NC3COC3)C2=O)cnc1OCC(F)(F)F. The number of alkyl halides is 3. The second-order valence-corrected chi connectivity index (χ2v) is 8.17. The van der Waals surface area contributed by atoms with Crippen LogP contribution in [0.15, 0.2) is 24.5 Å². The van der Waals surface area contributed by atoms with Gasteiger partial charge in [-0.1, -0.05) is 0 Å². The van der Waals surface area contributed by atoms with Gasteiger partial charge in [0.05, 0.1) is 37.4 Å². The molecule has 0 aromatic carbocycles. The summed E-state index contributed by atoms with van der Waals surface area (Å²) < 4.78 is 47.1. The number of nitrogens with one attached hydrogen (secondary N) is 1. The number of pyridine rings is 2. The maximum atomic E-state index is 13.1. The van der Waals surface area contributed by atoms with E-state index in [1.807, 2.05) is 6.92 Å². The lowest BCUT2D eigenvalue weighted by Gasteiger charge is -2.26. The smallest absolute Gasteiger partial charge is 0.422 e. The van der Waals surface area contributed by atoms with Gasteiger partial charge in [-0.3, -0.25) is 14.6 Å². The molecule has 1 N–H and O–H groups in total. The Morgan fingerprint density at radius 1 is 1.36 bits per heavy atom. The van der Waals surface area contributed by atoms with Crippen molar-refractivity contribution in [3.63, 3.8) is 0 Å². The predicted octanol–water partition coefficient (Wildman–Crippen LogP) is 2.50. The van der Waals surface area contributed by atoms with Crippen molar-refractivity contribution >= 4 is 11.8 Å². The van der Waals surface area contributed by atoms with Gasteiger partial charge in [0.15, 0.2) is 6.61 Å². The van der Waals surface area contributed by atoms with Crippen LogP contribution in [0.2, 0.25) is 0 Å². The zero-order valence-electron chi connectivity index (χ0n) is 18.1. The second-order valence-electron chi connectivity index (χ2n) is 8.17. The second kappa shape index (κ2) is 8.97. The van der Waals surface area contributed by atoms with Gasteiger partial charge in [0.25, 0.3) is 5.91 Å². The van der Waals surface area contributed by atoms with Crippen LogP contribution in [0.3, 0.4) is 0 Å². The number of aryl methyl sites for hydroxylation is 1. The summed E-state index contributed by atoms with van der Waals surface area (Å²) in [5, 5.41) is 2.87. The zero-order chi connectivity index (χ0) is 23.8. The summed E-state index contributed by atoms with van der Waals surface area (Å²) in [6.07, 6.45) is -1.48. The zero-order valence-corrected chi connectivity index (χ0v) is 18.1. The average Bonchev–Trinajstić information content (AvgIpc) is 3.06. The number of carbonyl (C=O) groups excluding carboxylic acids is 2. The third-order valence-corrected chi connectivity index (χ3v) is 5.67. The predicted molar refractivity (Wildman–Crippen MR) is 110 cm³/mol. The largest absolute Gasteiger partial charge is 0.468 e. The van der Waals surface area contributed by atoms with Gasteiger partial charge in [0, 0.05) is 35.6 Å². The fraction of sp³-hybridized carbons (Fsp3) is 0.455. The molecule has 0 saturated carbocycles. The Morgan fingerprint density at radius 3 is 2.76 bits per heavy atom. The average molecular weight is 464 g/mol. The summed E-state index contributed by atoms with van der Waals surface area (Å²) in [6, 6.07) is 2.89. The van der Waals surface area contributed by atoms with Crippen LogP contribution in [0.1, 0.15) is 45.7 Å². The van der Waals surface area contributed by atoms with Gasteiger partial charge in [-0.15, -0.1) is 0 Å². The molecule has 2 aliphatic rings. The lowest BCUT2D eigenvalue weighted by atomic mass is 10.1. The van der Waals surface area contributed by atoms with Crippen LogP contribution in [-0.4, -0.2) is 58.7 Å². The van der Waals surface area contributed by atoms with Crippen LogP contribution in [0, 0.1) is 6.92 Å². The molecule has 0 aliphatic carbocycles. The molecule has 2 aromatic heterocycles. The molecule has 1 atom stereocenters. The van der Waals surface area contributed by atoms with Gasteiger partial charge >= 0.3 is 6.18 Å². The first-order valence-corrected chi connectivity index (χ1v) is 10.4. The third kappa shape index (κ3) is 5.08. The van der Waals surface area contributed by atoms with E-state index >= 15 is 0 Å². The number of nitrogens with zero attached hydrogens (tertiary/aromatic N) is 3. The Labute approximate surface area is 188 Å². The maximum Gasteiger partial charge on any atom is 0.422 e. The topological polar surface area (TPSA) is 93.7 Å². The molecule has 0 bridgehead atoms. The van der Waals surface area contributed by atoms with Crippen LogP contribution in [0.5, 0.6) is 5.88 Å². The van der Waals surface area contributed by atoms with E-state index in [0.717, 1.165) is 0 Å². The van der Waals surface area contributed by atoms with Gasteiger partial charge in [0.2, 0.25) is 11.8 Å². The first kappa shape index (κ1) is 23.0. The van der Waals surface area contributed by atoms with Crippen LogP contribution in [0.25, 0.3) is 0 Å². The summed E-state index contributed by atoms with van der Waals surface area (Å²) in [5.74, 6) is -0.491. The number of halogens is 3. The van der Waals surface area contributed by atoms with Gasteiger partial charge in [-0.05, 0) is 31.5 Å². The minimum absolute atomic E-state index is 0.00577. The van der Waals surface area contributed by atoms with Crippen molar-refractivity contribution in [2.75, 3.05) is 19.8 Å². The molecule has 1 saturated heterocycles. The van der Waals surface area contributed by atoms with Crippen LogP contribution in [-0.2, 0) is 22.5 Å². The number of amides is 2.